The van der Waals surface area contributed by atoms with Gasteiger partial charge < -0.3 is 16.2 Å². The van der Waals surface area contributed by atoms with Gasteiger partial charge >= 0.3 is 0 Å². The van der Waals surface area contributed by atoms with E-state index in [-0.39, 0.29) is 17.6 Å². The van der Waals surface area contributed by atoms with Crippen LogP contribution in [0.2, 0.25) is 0 Å². The summed E-state index contributed by atoms with van der Waals surface area (Å²) in [6.45, 7) is 4.11. The van der Waals surface area contributed by atoms with Crippen molar-refractivity contribution in [3.63, 3.8) is 0 Å². The van der Waals surface area contributed by atoms with Crippen molar-refractivity contribution in [2.24, 2.45) is 5.41 Å². The van der Waals surface area contributed by atoms with Crippen LogP contribution < -0.4 is 11.1 Å². The Bertz CT molecular complexity index is 626. The van der Waals surface area contributed by atoms with Crippen LogP contribution in [-0.2, 0) is 0 Å². The third-order valence-electron chi connectivity index (χ3n) is 4.19. The Balaban J connectivity index is 1.94. The first-order valence-corrected chi connectivity index (χ1v) is 6.43. The van der Waals surface area contributed by atoms with Crippen LogP contribution in [0.3, 0.4) is 0 Å². The maximum atomic E-state index is 9.78. The number of nitrogens with one attached hydrogen (secondary N) is 1. The third kappa shape index (κ3) is 1.90. The molecule has 2 unspecified atom stereocenters. The molecule has 0 bridgehead atoms. The summed E-state index contributed by atoms with van der Waals surface area (Å²) in [6.07, 6.45) is 2.02. The summed E-state index contributed by atoms with van der Waals surface area (Å²) in [5, 5.41) is 14.1. The number of benzene rings is 1. The number of nitrogens with two attached hydrogens (primary N) is 1. The Morgan fingerprint density at radius 2 is 2.16 bits per heavy atom. The largest absolute Gasteiger partial charge is 0.399 e. The molecule has 2 aromatic rings. The van der Waals surface area contributed by atoms with Gasteiger partial charge in [-0.25, -0.2) is 9.97 Å². The van der Waals surface area contributed by atoms with Crippen LogP contribution in [0.1, 0.15) is 20.3 Å². The number of fused-ring (bicyclic) bond motifs is 1. The molecule has 0 saturated heterocycles. The van der Waals surface area contributed by atoms with Gasteiger partial charge in [0.2, 0.25) is 0 Å². The predicted molar refractivity (Wildman–Crippen MR) is 75.8 cm³/mol. The lowest BCUT2D eigenvalue weighted by atomic mass is 9.64. The van der Waals surface area contributed by atoms with Crippen LogP contribution in [-0.4, -0.2) is 27.2 Å². The van der Waals surface area contributed by atoms with E-state index in [1.54, 1.807) is 0 Å². The molecule has 0 amide bonds. The molecule has 0 aliphatic heterocycles. The number of nitrogens with zero attached hydrogens (tertiary/aromatic N) is 2. The van der Waals surface area contributed by atoms with Gasteiger partial charge in [-0.2, -0.15) is 0 Å². The third-order valence-corrected chi connectivity index (χ3v) is 4.19. The van der Waals surface area contributed by atoms with Gasteiger partial charge in [0, 0.05) is 22.5 Å². The fraction of sp³-hybridized carbons (Fsp3) is 0.429. The molecule has 4 N–H and O–H groups in total. The first kappa shape index (κ1) is 12.2. The molecule has 1 aromatic carbocycles. The number of anilines is 2. The zero-order chi connectivity index (χ0) is 13.6. The van der Waals surface area contributed by atoms with E-state index in [1.165, 1.54) is 6.33 Å². The van der Waals surface area contributed by atoms with Crippen molar-refractivity contribution >= 4 is 22.4 Å². The Labute approximate surface area is 111 Å². The quantitative estimate of drug-likeness (QED) is 0.715. The Morgan fingerprint density at radius 3 is 2.84 bits per heavy atom. The van der Waals surface area contributed by atoms with Crippen LogP contribution in [0.25, 0.3) is 10.9 Å². The zero-order valence-corrected chi connectivity index (χ0v) is 11.1. The van der Waals surface area contributed by atoms with E-state index in [4.69, 9.17) is 5.73 Å². The maximum Gasteiger partial charge on any atom is 0.137 e. The van der Waals surface area contributed by atoms with Crippen LogP contribution in [0.5, 0.6) is 0 Å². The normalized spacial score (nSPS) is 25.0. The minimum atomic E-state index is -0.256. The molecule has 0 spiro atoms. The second-order valence-corrected chi connectivity index (χ2v) is 5.77. The smallest absolute Gasteiger partial charge is 0.137 e. The summed E-state index contributed by atoms with van der Waals surface area (Å²) >= 11 is 0. The molecular formula is C14H18N4O. The summed E-state index contributed by atoms with van der Waals surface area (Å²) in [5.74, 6) is 0.801. The van der Waals surface area contributed by atoms with Crippen LogP contribution in [0.4, 0.5) is 11.5 Å². The van der Waals surface area contributed by atoms with E-state index in [0.29, 0.717) is 5.69 Å². The highest BCUT2D eigenvalue weighted by Gasteiger charge is 2.47. The van der Waals surface area contributed by atoms with Crippen molar-refractivity contribution in [3.05, 3.63) is 24.5 Å². The Kier molecular flexibility index (Phi) is 2.60. The van der Waals surface area contributed by atoms with Gasteiger partial charge in [-0.1, -0.05) is 13.8 Å². The number of aliphatic hydroxyl groups is 1. The van der Waals surface area contributed by atoms with Crippen molar-refractivity contribution in [1.29, 1.82) is 0 Å². The summed E-state index contributed by atoms with van der Waals surface area (Å²) in [5.41, 5.74) is 7.15. The van der Waals surface area contributed by atoms with Gasteiger partial charge in [-0.3, -0.25) is 0 Å². The first-order chi connectivity index (χ1) is 8.98. The molecule has 100 valence electrons. The van der Waals surface area contributed by atoms with Gasteiger partial charge in [0.05, 0.1) is 11.6 Å². The molecule has 5 nitrogen and oxygen atoms in total. The average Bonchev–Trinajstić information content (AvgIpc) is 2.38. The van der Waals surface area contributed by atoms with Gasteiger partial charge in [-0.05, 0) is 24.6 Å². The Hall–Kier alpha value is -1.88. The predicted octanol–water partition coefficient (Wildman–Crippen LogP) is 1.78. The SMILES string of the molecule is CC1(C)C(O)CC1Nc1ncnc2cc(N)ccc12. The van der Waals surface area contributed by atoms with Gasteiger partial charge in [-0.15, -0.1) is 0 Å². The molecule has 1 aliphatic rings. The van der Waals surface area contributed by atoms with E-state index in [1.807, 2.05) is 18.2 Å². The summed E-state index contributed by atoms with van der Waals surface area (Å²) < 4.78 is 0. The number of hydrogen-bond donors (Lipinski definition) is 3. The van der Waals surface area contributed by atoms with Gasteiger partial charge in [0.1, 0.15) is 12.1 Å². The van der Waals surface area contributed by atoms with Crippen molar-refractivity contribution in [1.82, 2.24) is 9.97 Å². The van der Waals surface area contributed by atoms with Crippen molar-refractivity contribution < 1.29 is 5.11 Å². The fourth-order valence-electron chi connectivity index (χ4n) is 2.50. The highest BCUT2D eigenvalue weighted by molar-refractivity contribution is 5.90. The molecule has 1 fully saturated rings. The first-order valence-electron chi connectivity index (χ1n) is 6.43. The number of nitrogen functional groups attached to an aromatic ring is 1. The monoisotopic (exact) mass is 258 g/mol. The van der Waals surface area contributed by atoms with E-state index in [9.17, 15) is 5.11 Å². The molecule has 5 heteroatoms. The maximum absolute atomic E-state index is 9.78. The molecule has 1 aliphatic carbocycles. The van der Waals surface area contributed by atoms with E-state index in [2.05, 4.69) is 29.1 Å². The number of aromatic nitrogens is 2. The number of hydrogen-bond acceptors (Lipinski definition) is 5. The van der Waals surface area contributed by atoms with E-state index >= 15 is 0 Å². The van der Waals surface area contributed by atoms with E-state index in [0.717, 1.165) is 23.1 Å². The van der Waals surface area contributed by atoms with Crippen LogP contribution in [0, 0.1) is 5.41 Å². The molecular weight excluding hydrogens is 240 g/mol. The highest BCUT2D eigenvalue weighted by atomic mass is 16.3. The van der Waals surface area contributed by atoms with Gasteiger partial charge in [0.15, 0.2) is 0 Å². The molecule has 2 atom stereocenters. The Morgan fingerprint density at radius 1 is 1.37 bits per heavy atom. The standard InChI is InChI=1S/C14H18N4O/c1-14(2)11(6-12(14)19)18-13-9-4-3-8(15)5-10(9)16-7-17-13/h3-5,7,11-12,19H,6,15H2,1-2H3,(H,16,17,18). The van der Waals surface area contributed by atoms with Crippen LogP contribution in [0.15, 0.2) is 24.5 Å². The summed E-state index contributed by atoms with van der Waals surface area (Å²) in [7, 11) is 0. The van der Waals surface area contributed by atoms with Crippen LogP contribution >= 0.6 is 0 Å². The zero-order valence-electron chi connectivity index (χ0n) is 11.1. The second-order valence-electron chi connectivity index (χ2n) is 5.77. The molecule has 19 heavy (non-hydrogen) atoms. The number of aliphatic hydroxyl groups excluding tert-OH is 1. The molecule has 1 heterocycles. The summed E-state index contributed by atoms with van der Waals surface area (Å²) in [6, 6.07) is 5.83. The lowest BCUT2D eigenvalue weighted by molar-refractivity contribution is -0.0511. The number of rotatable bonds is 2. The average molecular weight is 258 g/mol. The van der Waals surface area contributed by atoms with Gasteiger partial charge in [0.25, 0.3) is 0 Å². The van der Waals surface area contributed by atoms with E-state index < -0.39 is 0 Å². The molecule has 1 aromatic heterocycles. The minimum absolute atomic E-state index is 0.134. The lowest BCUT2D eigenvalue weighted by Gasteiger charge is -2.49. The van der Waals surface area contributed by atoms with Crippen molar-refractivity contribution in [2.75, 3.05) is 11.1 Å². The summed E-state index contributed by atoms with van der Waals surface area (Å²) in [4.78, 5) is 8.53. The molecule has 1 saturated carbocycles. The lowest BCUT2D eigenvalue weighted by Crippen LogP contribution is -2.57. The topological polar surface area (TPSA) is 84.1 Å². The molecule has 3 rings (SSSR count). The second kappa shape index (κ2) is 4.06. The van der Waals surface area contributed by atoms with Crippen molar-refractivity contribution in [2.45, 2.75) is 32.4 Å². The fourth-order valence-corrected chi connectivity index (χ4v) is 2.50. The minimum Gasteiger partial charge on any atom is -0.399 e. The molecule has 0 radical (unpaired) electrons. The van der Waals surface area contributed by atoms with Crippen molar-refractivity contribution in [3.8, 4) is 0 Å². The highest BCUT2D eigenvalue weighted by Crippen LogP contribution is 2.42.